The molecule has 1 saturated carbocycles. The van der Waals surface area contributed by atoms with Crippen LogP contribution in [0.3, 0.4) is 0 Å². The Hall–Kier alpha value is -3.35. The Labute approximate surface area is 199 Å². The lowest BCUT2D eigenvalue weighted by molar-refractivity contribution is -0.137. The van der Waals surface area contributed by atoms with E-state index in [4.69, 9.17) is 9.84 Å². The molecular weight excluding hydrogens is 432 g/mol. The van der Waals surface area contributed by atoms with Crippen molar-refractivity contribution < 1.29 is 24.2 Å². The maximum absolute atomic E-state index is 12.5. The monoisotopic (exact) mass is 464 g/mol. The summed E-state index contributed by atoms with van der Waals surface area (Å²) in [5.74, 6) is -0.323. The van der Waals surface area contributed by atoms with Gasteiger partial charge in [0.1, 0.15) is 6.61 Å². The Kier molecular flexibility index (Phi) is 7.83. The Morgan fingerprint density at radius 3 is 2.21 bits per heavy atom. The molecule has 2 aromatic carbocycles. The van der Waals surface area contributed by atoms with Crippen LogP contribution in [-0.2, 0) is 14.3 Å². The largest absolute Gasteiger partial charge is 0.481 e. The molecule has 1 fully saturated rings. The molecule has 7 heteroatoms. The van der Waals surface area contributed by atoms with Gasteiger partial charge in [0.05, 0.1) is 0 Å². The fraction of sp³-hybridized carbons (Fsp3) is 0.444. The van der Waals surface area contributed by atoms with Crippen LogP contribution < -0.4 is 10.6 Å². The normalized spacial score (nSPS) is 15.2. The van der Waals surface area contributed by atoms with Gasteiger partial charge in [0, 0.05) is 31.8 Å². The van der Waals surface area contributed by atoms with Crippen LogP contribution >= 0.6 is 0 Å². The quantitative estimate of drug-likeness (QED) is 0.406. The number of ether oxygens (including phenoxy) is 1. The Morgan fingerprint density at radius 2 is 1.59 bits per heavy atom. The zero-order valence-electron chi connectivity index (χ0n) is 19.3. The second kappa shape index (κ2) is 11.2. The molecule has 7 nitrogen and oxygen atoms in total. The first kappa shape index (κ1) is 23.8. The van der Waals surface area contributed by atoms with Crippen LogP contribution in [0.15, 0.2) is 48.5 Å². The molecule has 4 rings (SSSR count). The predicted octanol–water partition coefficient (Wildman–Crippen LogP) is 4.31. The molecule has 0 aliphatic heterocycles. The van der Waals surface area contributed by atoms with Gasteiger partial charge in [0.15, 0.2) is 0 Å². The molecule has 0 bridgehead atoms. The van der Waals surface area contributed by atoms with Crippen molar-refractivity contribution in [2.24, 2.45) is 11.8 Å². The molecule has 1 atom stereocenters. The number of alkyl carbamates (subject to hydrolysis) is 1. The van der Waals surface area contributed by atoms with Gasteiger partial charge in [0.25, 0.3) is 0 Å². The Balaban J connectivity index is 1.22. The van der Waals surface area contributed by atoms with Gasteiger partial charge in [-0.25, -0.2) is 4.79 Å². The van der Waals surface area contributed by atoms with E-state index >= 15 is 0 Å². The molecule has 0 spiro atoms. The van der Waals surface area contributed by atoms with E-state index in [1.807, 2.05) is 24.3 Å². The maximum Gasteiger partial charge on any atom is 0.407 e. The maximum atomic E-state index is 12.5. The summed E-state index contributed by atoms with van der Waals surface area (Å²) in [7, 11) is 0. The minimum atomic E-state index is -0.820. The van der Waals surface area contributed by atoms with Crippen molar-refractivity contribution in [1.82, 2.24) is 10.6 Å². The van der Waals surface area contributed by atoms with Crippen molar-refractivity contribution in [3.05, 3.63) is 59.7 Å². The minimum Gasteiger partial charge on any atom is -0.481 e. The third-order valence-electron chi connectivity index (χ3n) is 6.73. The number of carboxylic acid groups (broad SMARTS) is 1. The number of benzene rings is 2. The van der Waals surface area contributed by atoms with Crippen LogP contribution in [0, 0.1) is 11.8 Å². The van der Waals surface area contributed by atoms with Crippen molar-refractivity contribution in [2.75, 3.05) is 19.7 Å². The predicted molar refractivity (Wildman–Crippen MR) is 128 cm³/mol. The van der Waals surface area contributed by atoms with Gasteiger partial charge in [-0.05, 0) is 59.8 Å². The summed E-state index contributed by atoms with van der Waals surface area (Å²) in [6, 6.07) is 16.4. The summed E-state index contributed by atoms with van der Waals surface area (Å²) in [5, 5.41) is 14.4. The number of rotatable bonds is 12. The first-order valence-electron chi connectivity index (χ1n) is 12.1. The summed E-state index contributed by atoms with van der Waals surface area (Å²) in [5.41, 5.74) is 4.73. The minimum absolute atomic E-state index is 0.0179. The fourth-order valence-electron chi connectivity index (χ4n) is 4.78. The summed E-state index contributed by atoms with van der Waals surface area (Å²) in [4.78, 5) is 35.3. The molecule has 0 heterocycles. The number of amides is 2. The molecular formula is C27H32N2O5. The molecule has 2 aromatic rings. The highest BCUT2D eigenvalue weighted by Crippen LogP contribution is 2.44. The number of fused-ring (bicyclic) bond motifs is 3. The molecule has 3 N–H and O–H groups in total. The summed E-state index contributed by atoms with van der Waals surface area (Å²) in [6.07, 6.45) is 3.35. The third-order valence-corrected chi connectivity index (χ3v) is 6.73. The van der Waals surface area contributed by atoms with Crippen LogP contribution in [0.5, 0.6) is 0 Å². The highest BCUT2D eigenvalue weighted by atomic mass is 16.5. The van der Waals surface area contributed by atoms with Crippen molar-refractivity contribution in [3.63, 3.8) is 0 Å². The van der Waals surface area contributed by atoms with Gasteiger partial charge < -0.3 is 20.5 Å². The highest BCUT2D eigenvalue weighted by Gasteiger charge is 2.33. The topological polar surface area (TPSA) is 105 Å². The molecule has 0 aromatic heterocycles. The average Bonchev–Trinajstić information content (AvgIpc) is 3.63. The molecule has 0 radical (unpaired) electrons. The van der Waals surface area contributed by atoms with Gasteiger partial charge >= 0.3 is 12.1 Å². The summed E-state index contributed by atoms with van der Waals surface area (Å²) >= 11 is 0. The Morgan fingerprint density at radius 1 is 0.941 bits per heavy atom. The summed E-state index contributed by atoms with van der Waals surface area (Å²) in [6.45, 7) is 1.15. The number of hydrogen-bond acceptors (Lipinski definition) is 4. The van der Waals surface area contributed by atoms with E-state index in [0.29, 0.717) is 38.3 Å². The lowest BCUT2D eigenvalue weighted by Gasteiger charge is -2.18. The van der Waals surface area contributed by atoms with Gasteiger partial charge in [0.2, 0.25) is 5.91 Å². The average molecular weight is 465 g/mol. The molecule has 2 amide bonds. The van der Waals surface area contributed by atoms with Crippen LogP contribution in [-0.4, -0.2) is 42.8 Å². The van der Waals surface area contributed by atoms with Crippen LogP contribution in [0.1, 0.15) is 55.6 Å². The number of hydrogen-bond donors (Lipinski definition) is 3. The second-order valence-corrected chi connectivity index (χ2v) is 9.21. The SMILES string of the molecule is O=C(O)CCCCNC(=O)CC(CNC(=O)OCC1c2ccccc2-c2ccccc21)C1CC1. The van der Waals surface area contributed by atoms with Crippen LogP contribution in [0.2, 0.25) is 0 Å². The van der Waals surface area contributed by atoms with Crippen LogP contribution in [0.25, 0.3) is 11.1 Å². The van der Waals surface area contributed by atoms with Crippen molar-refractivity contribution >= 4 is 18.0 Å². The van der Waals surface area contributed by atoms with Crippen molar-refractivity contribution in [3.8, 4) is 11.1 Å². The molecule has 2 aliphatic carbocycles. The third kappa shape index (κ3) is 6.16. The van der Waals surface area contributed by atoms with E-state index < -0.39 is 12.1 Å². The van der Waals surface area contributed by atoms with Gasteiger partial charge in [-0.15, -0.1) is 0 Å². The smallest absolute Gasteiger partial charge is 0.407 e. The number of carbonyl (C=O) groups excluding carboxylic acids is 2. The molecule has 2 aliphatic rings. The zero-order valence-corrected chi connectivity index (χ0v) is 19.3. The fourth-order valence-corrected chi connectivity index (χ4v) is 4.78. The van der Waals surface area contributed by atoms with E-state index in [2.05, 4.69) is 34.9 Å². The first-order valence-corrected chi connectivity index (χ1v) is 12.1. The summed E-state index contributed by atoms with van der Waals surface area (Å²) < 4.78 is 5.61. The Bertz CT molecular complexity index is 988. The second-order valence-electron chi connectivity index (χ2n) is 9.21. The van der Waals surface area contributed by atoms with Gasteiger partial charge in [-0.1, -0.05) is 48.5 Å². The lowest BCUT2D eigenvalue weighted by atomic mass is 9.98. The number of aliphatic carboxylic acids is 1. The molecule has 180 valence electrons. The standard InChI is InChI=1S/C27H32N2O5/c30-25(28-14-6-5-11-26(31)32)15-19(18-12-13-18)16-29-27(33)34-17-24-22-9-3-1-7-20(22)21-8-2-4-10-23(21)24/h1-4,7-10,18-19,24H,5-6,11-17H2,(H,28,30)(H,29,33)(H,31,32). The van der Waals surface area contributed by atoms with Crippen LogP contribution in [0.4, 0.5) is 4.79 Å². The molecule has 0 saturated heterocycles. The zero-order chi connectivity index (χ0) is 23.9. The first-order chi connectivity index (χ1) is 16.5. The highest BCUT2D eigenvalue weighted by molar-refractivity contribution is 5.79. The number of carboxylic acids is 1. The van der Waals surface area contributed by atoms with Gasteiger partial charge in [-0.2, -0.15) is 0 Å². The number of carbonyl (C=O) groups is 3. The van der Waals surface area contributed by atoms with E-state index in [1.54, 1.807) is 0 Å². The van der Waals surface area contributed by atoms with Crippen molar-refractivity contribution in [2.45, 2.75) is 44.4 Å². The number of unbranched alkanes of at least 4 members (excludes halogenated alkanes) is 1. The lowest BCUT2D eigenvalue weighted by Crippen LogP contribution is -2.35. The molecule has 1 unspecified atom stereocenters. The van der Waals surface area contributed by atoms with E-state index in [1.165, 1.54) is 22.3 Å². The van der Waals surface area contributed by atoms with E-state index in [-0.39, 0.29) is 30.8 Å². The van der Waals surface area contributed by atoms with E-state index in [9.17, 15) is 14.4 Å². The molecule has 34 heavy (non-hydrogen) atoms. The van der Waals surface area contributed by atoms with E-state index in [0.717, 1.165) is 12.8 Å². The van der Waals surface area contributed by atoms with Gasteiger partial charge in [-0.3, -0.25) is 9.59 Å². The van der Waals surface area contributed by atoms with Crippen molar-refractivity contribution in [1.29, 1.82) is 0 Å². The number of nitrogens with one attached hydrogen (secondary N) is 2.